The highest BCUT2D eigenvalue weighted by atomic mass is 79.9. The van der Waals surface area contributed by atoms with E-state index in [2.05, 4.69) is 22.9 Å². The first-order valence-corrected chi connectivity index (χ1v) is 7.47. The molecule has 0 spiro atoms. The zero-order valence-corrected chi connectivity index (χ0v) is 12.8. The van der Waals surface area contributed by atoms with Gasteiger partial charge in [-0.05, 0) is 37.0 Å². The largest absolute Gasteiger partial charge is 0.418 e. The maximum absolute atomic E-state index is 13.2. The Morgan fingerprint density at radius 2 is 2.10 bits per heavy atom. The second-order valence-electron chi connectivity index (χ2n) is 5.28. The minimum Gasteiger partial charge on any atom is -0.367 e. The number of nitrogens with zero attached hydrogens (tertiary/aromatic N) is 1. The summed E-state index contributed by atoms with van der Waals surface area (Å²) < 4.78 is 40.1. The number of piperidine rings is 1. The lowest BCUT2D eigenvalue weighted by molar-refractivity contribution is -0.137. The van der Waals surface area contributed by atoms with Crippen LogP contribution in [0.25, 0.3) is 0 Å². The van der Waals surface area contributed by atoms with Crippen LogP contribution in [0.1, 0.15) is 25.3 Å². The van der Waals surface area contributed by atoms with Crippen LogP contribution in [0.2, 0.25) is 0 Å². The molecule has 2 nitrogen and oxygen atoms in total. The normalized spacial score (nSPS) is 24.0. The van der Waals surface area contributed by atoms with Crippen molar-refractivity contribution in [3.63, 3.8) is 0 Å². The number of anilines is 1. The third-order valence-electron chi connectivity index (χ3n) is 3.93. The van der Waals surface area contributed by atoms with Crippen LogP contribution in [0.15, 0.2) is 22.7 Å². The van der Waals surface area contributed by atoms with Crippen molar-refractivity contribution in [1.29, 1.82) is 0 Å². The Balaban J connectivity index is 2.45. The van der Waals surface area contributed by atoms with Crippen LogP contribution in [0.4, 0.5) is 18.9 Å². The monoisotopic (exact) mass is 350 g/mol. The van der Waals surface area contributed by atoms with Crippen molar-refractivity contribution in [3.05, 3.63) is 28.2 Å². The molecule has 1 aromatic carbocycles. The fourth-order valence-corrected chi connectivity index (χ4v) is 3.25. The molecular weight excluding hydrogens is 333 g/mol. The number of hydrogen-bond acceptors (Lipinski definition) is 2. The third kappa shape index (κ3) is 3.11. The Bertz CT molecular complexity index is 476. The molecule has 0 radical (unpaired) electrons. The molecule has 20 heavy (non-hydrogen) atoms. The van der Waals surface area contributed by atoms with E-state index in [9.17, 15) is 13.2 Å². The third-order valence-corrected chi connectivity index (χ3v) is 4.42. The summed E-state index contributed by atoms with van der Waals surface area (Å²) in [5, 5.41) is 0. The van der Waals surface area contributed by atoms with Crippen LogP contribution in [0, 0.1) is 5.92 Å². The summed E-state index contributed by atoms with van der Waals surface area (Å²) in [4.78, 5) is 1.82. The van der Waals surface area contributed by atoms with Gasteiger partial charge in [0.1, 0.15) is 0 Å². The standard InChI is InChI=1S/C14H18BrF3N2/c1-9-3-2-6-20(13(9)8-19)12-5-4-10(15)7-11(12)14(16,17)18/h4-5,7,9,13H,2-3,6,8,19H2,1H3. The molecular formula is C14H18BrF3N2. The molecule has 1 heterocycles. The molecule has 1 aliphatic rings. The van der Waals surface area contributed by atoms with Crippen LogP contribution in [0.3, 0.4) is 0 Å². The van der Waals surface area contributed by atoms with E-state index in [0.29, 0.717) is 23.5 Å². The average molecular weight is 351 g/mol. The first kappa shape index (κ1) is 15.6. The van der Waals surface area contributed by atoms with Gasteiger partial charge in [0.05, 0.1) is 5.56 Å². The van der Waals surface area contributed by atoms with E-state index in [1.54, 1.807) is 6.07 Å². The zero-order valence-electron chi connectivity index (χ0n) is 11.3. The van der Waals surface area contributed by atoms with Crippen molar-refractivity contribution >= 4 is 21.6 Å². The number of hydrogen-bond donors (Lipinski definition) is 1. The highest BCUT2D eigenvalue weighted by Crippen LogP contribution is 2.40. The van der Waals surface area contributed by atoms with Crippen molar-refractivity contribution in [2.75, 3.05) is 18.0 Å². The summed E-state index contributed by atoms with van der Waals surface area (Å²) in [5.74, 6) is 0.304. The number of alkyl halides is 3. The van der Waals surface area contributed by atoms with Crippen molar-refractivity contribution in [1.82, 2.24) is 0 Å². The molecule has 112 valence electrons. The molecule has 6 heteroatoms. The number of nitrogens with two attached hydrogens (primary N) is 1. The van der Waals surface area contributed by atoms with E-state index in [1.165, 1.54) is 6.07 Å². The minimum atomic E-state index is -4.36. The van der Waals surface area contributed by atoms with E-state index >= 15 is 0 Å². The molecule has 0 aliphatic carbocycles. The Labute approximate surface area is 125 Å². The van der Waals surface area contributed by atoms with Gasteiger partial charge in [0.2, 0.25) is 0 Å². The van der Waals surface area contributed by atoms with Gasteiger partial charge in [0, 0.05) is 29.3 Å². The Morgan fingerprint density at radius 3 is 2.70 bits per heavy atom. The molecule has 0 saturated carbocycles. The second-order valence-corrected chi connectivity index (χ2v) is 6.19. The molecule has 0 bridgehead atoms. The molecule has 2 unspecified atom stereocenters. The fourth-order valence-electron chi connectivity index (χ4n) is 2.89. The van der Waals surface area contributed by atoms with E-state index < -0.39 is 11.7 Å². The van der Waals surface area contributed by atoms with Gasteiger partial charge in [-0.25, -0.2) is 0 Å². The van der Waals surface area contributed by atoms with Gasteiger partial charge in [-0.3, -0.25) is 0 Å². The molecule has 1 saturated heterocycles. The molecule has 0 aromatic heterocycles. The lowest BCUT2D eigenvalue weighted by Crippen LogP contribution is -2.49. The zero-order chi connectivity index (χ0) is 14.9. The topological polar surface area (TPSA) is 29.3 Å². The number of benzene rings is 1. The summed E-state index contributed by atoms with van der Waals surface area (Å²) in [6.45, 7) is 3.04. The SMILES string of the molecule is CC1CCCN(c2ccc(Br)cc2C(F)(F)F)C1CN. The number of rotatable bonds is 2. The summed E-state index contributed by atoms with van der Waals surface area (Å²) in [6, 6.07) is 4.29. The maximum Gasteiger partial charge on any atom is 0.418 e. The van der Waals surface area contributed by atoms with Gasteiger partial charge in [-0.1, -0.05) is 22.9 Å². The molecule has 2 atom stereocenters. The van der Waals surface area contributed by atoms with Gasteiger partial charge in [0.15, 0.2) is 0 Å². The summed E-state index contributed by atoms with van der Waals surface area (Å²) in [5.41, 5.74) is 5.42. The first-order chi connectivity index (χ1) is 9.34. The molecule has 1 aromatic rings. The van der Waals surface area contributed by atoms with Gasteiger partial charge >= 0.3 is 6.18 Å². The van der Waals surface area contributed by atoms with Crippen LogP contribution >= 0.6 is 15.9 Å². The fraction of sp³-hybridized carbons (Fsp3) is 0.571. The summed E-state index contributed by atoms with van der Waals surface area (Å²) in [7, 11) is 0. The smallest absolute Gasteiger partial charge is 0.367 e. The van der Waals surface area contributed by atoms with E-state index in [-0.39, 0.29) is 11.7 Å². The highest BCUT2D eigenvalue weighted by molar-refractivity contribution is 9.10. The van der Waals surface area contributed by atoms with Gasteiger partial charge < -0.3 is 10.6 Å². The summed E-state index contributed by atoms with van der Waals surface area (Å²) in [6.07, 6.45) is -2.46. The molecule has 1 fully saturated rings. The Hall–Kier alpha value is -0.750. The van der Waals surface area contributed by atoms with Gasteiger partial charge in [0.25, 0.3) is 0 Å². The lowest BCUT2D eigenvalue weighted by atomic mass is 9.90. The highest BCUT2D eigenvalue weighted by Gasteiger charge is 2.37. The quantitative estimate of drug-likeness (QED) is 0.872. The number of halogens is 4. The van der Waals surface area contributed by atoms with Crippen LogP contribution < -0.4 is 10.6 Å². The van der Waals surface area contributed by atoms with E-state index in [4.69, 9.17) is 5.73 Å². The minimum absolute atomic E-state index is 0.0361. The van der Waals surface area contributed by atoms with Crippen LogP contribution in [-0.4, -0.2) is 19.1 Å². The van der Waals surface area contributed by atoms with Crippen molar-refractivity contribution in [2.24, 2.45) is 11.7 Å². The van der Waals surface area contributed by atoms with Crippen molar-refractivity contribution < 1.29 is 13.2 Å². The Kier molecular flexibility index (Phi) is 4.64. The second kappa shape index (κ2) is 5.93. The Morgan fingerprint density at radius 1 is 1.40 bits per heavy atom. The maximum atomic E-state index is 13.2. The summed E-state index contributed by atoms with van der Waals surface area (Å²) >= 11 is 3.11. The first-order valence-electron chi connectivity index (χ1n) is 6.68. The lowest BCUT2D eigenvalue weighted by Gasteiger charge is -2.42. The van der Waals surface area contributed by atoms with Crippen LogP contribution in [0.5, 0.6) is 0 Å². The van der Waals surface area contributed by atoms with Crippen molar-refractivity contribution in [2.45, 2.75) is 32.0 Å². The van der Waals surface area contributed by atoms with Crippen molar-refractivity contribution in [3.8, 4) is 0 Å². The van der Waals surface area contributed by atoms with E-state index in [0.717, 1.165) is 18.9 Å². The molecule has 2 rings (SSSR count). The molecule has 1 aliphatic heterocycles. The van der Waals surface area contributed by atoms with Gasteiger partial charge in [-0.15, -0.1) is 0 Å². The predicted molar refractivity (Wildman–Crippen MR) is 77.7 cm³/mol. The average Bonchev–Trinajstić information content (AvgIpc) is 2.37. The predicted octanol–water partition coefficient (Wildman–Crippen LogP) is 4.03. The molecule has 0 amide bonds. The van der Waals surface area contributed by atoms with Gasteiger partial charge in [-0.2, -0.15) is 13.2 Å². The van der Waals surface area contributed by atoms with E-state index in [1.807, 2.05) is 4.90 Å². The van der Waals surface area contributed by atoms with Crippen LogP contribution in [-0.2, 0) is 6.18 Å². The molecule has 2 N–H and O–H groups in total.